The summed E-state index contributed by atoms with van der Waals surface area (Å²) in [5.41, 5.74) is 12.5. The number of benzene rings is 1. The van der Waals surface area contributed by atoms with Gasteiger partial charge in [-0.3, -0.25) is 14.4 Å². The molecule has 0 aliphatic carbocycles. The summed E-state index contributed by atoms with van der Waals surface area (Å²) in [7, 11) is 0. The Kier molecular flexibility index (Phi) is 11.5. The summed E-state index contributed by atoms with van der Waals surface area (Å²) < 4.78 is 0. The molecule has 3 amide bonds. The molecule has 1 aromatic heterocycles. The zero-order chi connectivity index (χ0) is 27.5. The molecule has 0 aliphatic rings. The Morgan fingerprint density at radius 3 is 2.30 bits per heavy atom. The van der Waals surface area contributed by atoms with Gasteiger partial charge in [0.1, 0.15) is 24.2 Å². The lowest BCUT2D eigenvalue weighted by molar-refractivity contribution is -0.142. The largest absolute Gasteiger partial charge is 0.480 e. The molecule has 0 spiro atoms. The maximum Gasteiger partial charge on any atom is 0.326 e. The Balaban J connectivity index is 2.29. The van der Waals surface area contributed by atoms with Crippen LogP contribution >= 0.6 is 0 Å². The van der Waals surface area contributed by atoms with Crippen LogP contribution in [0.1, 0.15) is 31.7 Å². The first-order valence-electron chi connectivity index (χ1n) is 12.0. The molecule has 13 heteroatoms. The highest BCUT2D eigenvalue weighted by atomic mass is 16.4. The number of carbonyl (C=O) groups excluding carboxylic acids is 3. The van der Waals surface area contributed by atoms with Crippen LogP contribution in [0.15, 0.2) is 30.5 Å². The number of H-pyrrole nitrogens is 1. The highest BCUT2D eigenvalue weighted by Crippen LogP contribution is 2.19. The van der Waals surface area contributed by atoms with Gasteiger partial charge in [0, 0.05) is 23.5 Å². The topological polar surface area (TPSA) is 233 Å². The minimum atomic E-state index is -1.48. The third-order valence-corrected chi connectivity index (χ3v) is 5.89. The van der Waals surface area contributed by atoms with Gasteiger partial charge < -0.3 is 47.7 Å². The van der Waals surface area contributed by atoms with Crippen LogP contribution in [0.2, 0.25) is 0 Å². The zero-order valence-electron chi connectivity index (χ0n) is 20.6. The average molecular weight is 521 g/mol. The van der Waals surface area contributed by atoms with E-state index in [4.69, 9.17) is 16.6 Å². The summed E-state index contributed by atoms with van der Waals surface area (Å²) >= 11 is 0. The van der Waals surface area contributed by atoms with Gasteiger partial charge in [-0.15, -0.1) is 0 Å². The maximum absolute atomic E-state index is 13.2. The molecule has 0 fully saturated rings. The standard InChI is InChI=1S/C24H36N6O7/c1-13(32)20(30-21(33)16(26)12-31)23(35)29-19(10-14-11-27-17-7-3-2-6-15(14)17)22(34)28-18(24(36)37)8-4-5-9-25/h2-3,6-7,11,13,16,18-20,27,31-32H,4-5,8-10,12,25-26H2,1H3,(H,28,34)(H,29,35)(H,30,33)(H,36,37). The normalized spacial score (nSPS) is 15.3. The molecule has 2 rings (SSSR count). The van der Waals surface area contributed by atoms with E-state index in [0.717, 1.165) is 10.9 Å². The first-order valence-corrected chi connectivity index (χ1v) is 12.0. The molecule has 0 aliphatic heterocycles. The van der Waals surface area contributed by atoms with Crippen molar-refractivity contribution in [1.29, 1.82) is 0 Å². The number of amides is 3. The van der Waals surface area contributed by atoms with E-state index in [-0.39, 0.29) is 12.8 Å². The highest BCUT2D eigenvalue weighted by Gasteiger charge is 2.32. The Labute approximate surface area is 214 Å². The molecule has 37 heavy (non-hydrogen) atoms. The summed E-state index contributed by atoms with van der Waals surface area (Å²) in [6.45, 7) is 0.972. The van der Waals surface area contributed by atoms with Crippen molar-refractivity contribution in [3.63, 3.8) is 0 Å². The summed E-state index contributed by atoms with van der Waals surface area (Å²) in [4.78, 5) is 53.2. The number of aromatic nitrogens is 1. The molecular weight excluding hydrogens is 484 g/mol. The van der Waals surface area contributed by atoms with Gasteiger partial charge in [0.05, 0.1) is 12.7 Å². The summed E-state index contributed by atoms with van der Waals surface area (Å²) in [6, 6.07) is 2.08. The van der Waals surface area contributed by atoms with Crippen molar-refractivity contribution in [2.24, 2.45) is 11.5 Å². The van der Waals surface area contributed by atoms with Crippen molar-refractivity contribution in [3.8, 4) is 0 Å². The van der Waals surface area contributed by atoms with Crippen molar-refractivity contribution >= 4 is 34.6 Å². The third-order valence-electron chi connectivity index (χ3n) is 5.89. The molecule has 0 saturated carbocycles. The molecule has 1 aromatic carbocycles. The number of aliphatic hydroxyl groups is 2. The summed E-state index contributed by atoms with van der Waals surface area (Å²) in [5, 5.41) is 36.8. The van der Waals surface area contributed by atoms with E-state index >= 15 is 0 Å². The Bertz CT molecular complexity index is 1070. The van der Waals surface area contributed by atoms with E-state index in [2.05, 4.69) is 20.9 Å². The molecule has 0 radical (unpaired) electrons. The van der Waals surface area contributed by atoms with Gasteiger partial charge in [0.2, 0.25) is 17.7 Å². The molecule has 13 nitrogen and oxygen atoms in total. The number of hydrogen-bond acceptors (Lipinski definition) is 8. The lowest BCUT2D eigenvalue weighted by Crippen LogP contribution is -2.60. The third kappa shape index (κ3) is 8.53. The molecule has 2 aromatic rings. The van der Waals surface area contributed by atoms with E-state index in [9.17, 15) is 29.4 Å². The minimum absolute atomic E-state index is 0.00659. The molecule has 0 saturated heterocycles. The number of hydrogen-bond donors (Lipinski definition) is 9. The second-order valence-electron chi connectivity index (χ2n) is 8.82. The van der Waals surface area contributed by atoms with Crippen molar-refractivity contribution in [2.75, 3.05) is 13.2 Å². The van der Waals surface area contributed by atoms with Gasteiger partial charge in [-0.2, -0.15) is 0 Å². The van der Waals surface area contributed by atoms with Crippen LogP contribution < -0.4 is 27.4 Å². The maximum atomic E-state index is 13.2. The number of carboxylic acids is 1. The second kappa shape index (κ2) is 14.3. The van der Waals surface area contributed by atoms with Crippen molar-refractivity contribution in [2.45, 2.75) is 62.9 Å². The summed E-state index contributed by atoms with van der Waals surface area (Å²) in [6.07, 6.45) is 1.52. The van der Waals surface area contributed by atoms with Crippen LogP contribution in [0.4, 0.5) is 0 Å². The van der Waals surface area contributed by atoms with E-state index in [1.807, 2.05) is 24.3 Å². The quantitative estimate of drug-likeness (QED) is 0.119. The number of carbonyl (C=O) groups is 4. The van der Waals surface area contributed by atoms with Crippen LogP contribution in [0.5, 0.6) is 0 Å². The number of aliphatic hydroxyl groups excluding tert-OH is 2. The summed E-state index contributed by atoms with van der Waals surface area (Å²) in [5.74, 6) is -3.73. The molecule has 0 bridgehead atoms. The molecular formula is C24H36N6O7. The van der Waals surface area contributed by atoms with E-state index < -0.39 is 60.6 Å². The Morgan fingerprint density at radius 1 is 1.00 bits per heavy atom. The van der Waals surface area contributed by atoms with Crippen LogP contribution in [0.3, 0.4) is 0 Å². The monoisotopic (exact) mass is 520 g/mol. The van der Waals surface area contributed by atoms with Gasteiger partial charge in [-0.25, -0.2) is 4.79 Å². The van der Waals surface area contributed by atoms with Crippen LogP contribution in [-0.2, 0) is 25.6 Å². The minimum Gasteiger partial charge on any atom is -0.480 e. The lowest BCUT2D eigenvalue weighted by atomic mass is 10.0. The van der Waals surface area contributed by atoms with E-state index in [1.165, 1.54) is 6.92 Å². The first kappa shape index (κ1) is 29.7. The molecule has 11 N–H and O–H groups in total. The first-order chi connectivity index (χ1) is 17.6. The number of aliphatic carboxylic acids is 1. The number of fused-ring (bicyclic) bond motifs is 1. The van der Waals surface area contributed by atoms with Gasteiger partial charge in [-0.1, -0.05) is 18.2 Å². The highest BCUT2D eigenvalue weighted by molar-refractivity contribution is 5.95. The van der Waals surface area contributed by atoms with Gasteiger partial charge >= 0.3 is 5.97 Å². The van der Waals surface area contributed by atoms with Crippen molar-refractivity contribution < 1.29 is 34.5 Å². The zero-order valence-corrected chi connectivity index (χ0v) is 20.6. The number of carboxylic acid groups (broad SMARTS) is 1. The molecule has 204 valence electrons. The fourth-order valence-electron chi connectivity index (χ4n) is 3.76. The predicted molar refractivity (Wildman–Crippen MR) is 135 cm³/mol. The number of rotatable bonds is 15. The predicted octanol–water partition coefficient (Wildman–Crippen LogP) is -1.92. The fraction of sp³-hybridized carbons (Fsp3) is 0.500. The average Bonchev–Trinajstić information content (AvgIpc) is 3.27. The molecule has 1 heterocycles. The number of nitrogens with two attached hydrogens (primary N) is 2. The van der Waals surface area contributed by atoms with Crippen LogP contribution in [0.25, 0.3) is 10.9 Å². The fourth-order valence-corrected chi connectivity index (χ4v) is 3.76. The van der Waals surface area contributed by atoms with E-state index in [1.54, 1.807) is 6.20 Å². The van der Waals surface area contributed by atoms with Crippen LogP contribution in [-0.4, -0.2) is 87.4 Å². The van der Waals surface area contributed by atoms with Gasteiger partial charge in [0.15, 0.2) is 0 Å². The Hall–Kier alpha value is -3.52. The van der Waals surface area contributed by atoms with Gasteiger partial charge in [0.25, 0.3) is 0 Å². The number of para-hydroxylation sites is 1. The van der Waals surface area contributed by atoms with E-state index in [0.29, 0.717) is 24.9 Å². The van der Waals surface area contributed by atoms with Crippen molar-refractivity contribution in [3.05, 3.63) is 36.0 Å². The Morgan fingerprint density at radius 2 is 1.68 bits per heavy atom. The van der Waals surface area contributed by atoms with Crippen molar-refractivity contribution in [1.82, 2.24) is 20.9 Å². The van der Waals surface area contributed by atoms with Crippen LogP contribution in [0, 0.1) is 0 Å². The molecule has 5 atom stereocenters. The number of nitrogens with one attached hydrogen (secondary N) is 4. The smallest absolute Gasteiger partial charge is 0.326 e. The molecule has 5 unspecified atom stereocenters. The SMILES string of the molecule is CC(O)C(NC(=O)C(N)CO)C(=O)NC(Cc1c[nH]c2ccccc12)C(=O)NC(CCCCN)C(=O)O. The van der Waals surface area contributed by atoms with Gasteiger partial charge in [-0.05, 0) is 44.4 Å². The lowest BCUT2D eigenvalue weighted by Gasteiger charge is -2.26. The number of unbranched alkanes of at least 4 members (excludes halogenated alkanes) is 1. The number of aromatic amines is 1. The second-order valence-corrected chi connectivity index (χ2v) is 8.82.